The van der Waals surface area contributed by atoms with Gasteiger partial charge in [-0.2, -0.15) is 0 Å². The molecule has 4 aliphatic rings. The Balaban J connectivity index is 0.000000569. The summed E-state index contributed by atoms with van der Waals surface area (Å²) >= 11 is 0. The Bertz CT molecular complexity index is 814. The van der Waals surface area contributed by atoms with Gasteiger partial charge in [-0.3, -0.25) is 58.0 Å². The van der Waals surface area contributed by atoms with Crippen LogP contribution in [0.25, 0.3) is 0 Å². The summed E-state index contributed by atoms with van der Waals surface area (Å²) in [6, 6.07) is 0. The summed E-state index contributed by atoms with van der Waals surface area (Å²) in [5.41, 5.74) is 0. The average Bonchev–Trinajstić information content (AvgIpc) is 3.40. The van der Waals surface area contributed by atoms with E-state index in [0.29, 0.717) is 0 Å². The molecule has 0 spiro atoms. The molecule has 0 N–H and O–H groups in total. The van der Waals surface area contributed by atoms with E-state index >= 15 is 0 Å². The predicted molar refractivity (Wildman–Crippen MR) is 107 cm³/mol. The average molecular weight is 535 g/mol. The van der Waals surface area contributed by atoms with Gasteiger partial charge in [0.25, 0.3) is 23.6 Å². The van der Waals surface area contributed by atoms with Crippen molar-refractivity contribution in [3.8, 4) is 0 Å². The van der Waals surface area contributed by atoms with Crippen LogP contribution in [0.15, 0.2) is 24.3 Å². The van der Waals surface area contributed by atoms with Crippen LogP contribution in [0.3, 0.4) is 0 Å². The normalized spacial score (nSPS) is 19.2. The van der Waals surface area contributed by atoms with Gasteiger partial charge in [0.05, 0.1) is 0 Å². The van der Waals surface area contributed by atoms with E-state index in [2.05, 4.69) is 0 Å². The largest absolute Gasteiger partial charge is 0.358 e. The number of likely N-dealkylation sites (tertiary alicyclic amines) is 2. The Hall–Kier alpha value is -2.86. The van der Waals surface area contributed by atoms with Crippen LogP contribution >= 0.6 is 0 Å². The third-order valence-electron chi connectivity index (χ3n) is 4.68. The van der Waals surface area contributed by atoms with Crippen LogP contribution in [-0.2, 0) is 71.1 Å². The molecule has 0 bridgehead atoms. The fourth-order valence-electron chi connectivity index (χ4n) is 2.99. The number of nitrogens with zero attached hydrogens (tertiary/aromatic N) is 4. The Morgan fingerprint density at radius 3 is 0.879 bits per heavy atom. The first-order valence-electron chi connectivity index (χ1n) is 8.92. The third-order valence-corrected chi connectivity index (χ3v) is 4.68. The van der Waals surface area contributed by atoms with E-state index in [1.54, 1.807) is 0 Å². The fourth-order valence-corrected chi connectivity index (χ4v) is 2.99. The second kappa shape index (κ2) is 12.4. The number of imide groups is 4. The number of hydrogen-bond donors (Lipinski definition) is 0. The van der Waals surface area contributed by atoms with Gasteiger partial charge in [-0.05, 0) is 0 Å². The zero-order chi connectivity index (χ0) is 22.0. The summed E-state index contributed by atoms with van der Waals surface area (Å²) in [5.74, 6) is -3.33. The van der Waals surface area contributed by atoms with E-state index in [9.17, 15) is 38.4 Å². The fraction of sp³-hybridized carbons (Fsp3) is 0.300. The van der Waals surface area contributed by atoms with E-state index in [4.69, 9.17) is 0 Å². The smallest absolute Gasteiger partial charge is 0.255 e. The SMILES string of the molecule is O=C1C=CC(=O)N1CN1C(=O)CCC1=O.O=C1C=CC(=O)N1CN1C(=O)CCC1=O.[CH3-].[CH3-].[Y]. The molecule has 0 saturated carbocycles. The zero-order valence-electron chi connectivity index (χ0n) is 18.2. The van der Waals surface area contributed by atoms with Crippen LogP contribution in [0.2, 0.25) is 0 Å². The molecule has 0 aromatic carbocycles. The van der Waals surface area contributed by atoms with Crippen molar-refractivity contribution in [2.75, 3.05) is 13.3 Å². The molecule has 0 aromatic rings. The van der Waals surface area contributed by atoms with Crippen molar-refractivity contribution in [2.24, 2.45) is 0 Å². The van der Waals surface area contributed by atoms with Crippen LogP contribution in [0, 0.1) is 14.9 Å². The topological polar surface area (TPSA) is 150 Å². The van der Waals surface area contributed by atoms with E-state index in [-0.39, 0.29) is 110 Å². The Labute approximate surface area is 215 Å². The Morgan fingerprint density at radius 1 is 0.455 bits per heavy atom. The summed E-state index contributed by atoms with van der Waals surface area (Å²) in [5, 5.41) is 0. The second-order valence-corrected chi connectivity index (χ2v) is 6.59. The maximum Gasteiger partial charge on any atom is 0.255 e. The molecular formula is C20H22N4O8Y-2. The quantitative estimate of drug-likeness (QED) is 0.327. The number of amides is 8. The molecule has 0 atom stereocenters. The maximum atomic E-state index is 11.2. The third kappa shape index (κ3) is 6.58. The Morgan fingerprint density at radius 2 is 0.667 bits per heavy atom. The van der Waals surface area contributed by atoms with Crippen molar-refractivity contribution in [1.29, 1.82) is 0 Å². The first-order chi connectivity index (χ1) is 14.2. The van der Waals surface area contributed by atoms with Crippen molar-refractivity contribution in [3.63, 3.8) is 0 Å². The van der Waals surface area contributed by atoms with Crippen molar-refractivity contribution in [3.05, 3.63) is 39.2 Å². The van der Waals surface area contributed by atoms with Crippen molar-refractivity contribution in [2.45, 2.75) is 25.7 Å². The summed E-state index contributed by atoms with van der Waals surface area (Å²) in [6.45, 7) is -0.523. The standard InChI is InChI=1S/2C9H8N2O4.2CH3.Y/c2*12-6-1-2-7(13)10(6)5-11-8(14)3-4-9(11)15;;;/h2*1-2H,3-5H2;2*1H3;/q;;2*-1;. The van der Waals surface area contributed by atoms with Gasteiger partial charge >= 0.3 is 0 Å². The van der Waals surface area contributed by atoms with Gasteiger partial charge in [0.2, 0.25) is 23.6 Å². The molecule has 0 unspecified atom stereocenters. The number of carbonyl (C=O) groups excluding carboxylic acids is 8. The first-order valence-corrected chi connectivity index (χ1v) is 8.92. The molecule has 175 valence electrons. The molecule has 4 aliphatic heterocycles. The Kier molecular flexibility index (Phi) is 11.3. The van der Waals surface area contributed by atoms with Gasteiger partial charge in [0, 0.05) is 82.7 Å². The molecule has 33 heavy (non-hydrogen) atoms. The number of carbonyl (C=O) groups is 8. The van der Waals surface area contributed by atoms with Crippen LogP contribution < -0.4 is 0 Å². The van der Waals surface area contributed by atoms with Crippen LogP contribution in [0.4, 0.5) is 0 Å². The minimum absolute atomic E-state index is 0. The molecule has 4 rings (SSSR count). The van der Waals surface area contributed by atoms with Crippen LogP contribution in [-0.4, -0.2) is 80.2 Å². The molecule has 0 aromatic heterocycles. The van der Waals surface area contributed by atoms with Gasteiger partial charge < -0.3 is 14.9 Å². The minimum atomic E-state index is -0.493. The van der Waals surface area contributed by atoms with Gasteiger partial charge in [-0.15, -0.1) is 0 Å². The first kappa shape index (κ1) is 30.1. The van der Waals surface area contributed by atoms with Gasteiger partial charge in [0.15, 0.2) is 0 Å². The summed E-state index contributed by atoms with van der Waals surface area (Å²) < 4.78 is 0. The van der Waals surface area contributed by atoms with Crippen LogP contribution in [0.5, 0.6) is 0 Å². The van der Waals surface area contributed by atoms with Crippen molar-refractivity contribution >= 4 is 47.3 Å². The van der Waals surface area contributed by atoms with Crippen molar-refractivity contribution < 1.29 is 71.1 Å². The van der Waals surface area contributed by atoms with E-state index in [1.165, 1.54) is 0 Å². The zero-order valence-corrected chi connectivity index (χ0v) is 21.0. The van der Waals surface area contributed by atoms with Crippen LogP contribution in [0.1, 0.15) is 25.7 Å². The number of rotatable bonds is 4. The minimum Gasteiger partial charge on any atom is -0.358 e. The maximum absolute atomic E-state index is 11.2. The van der Waals surface area contributed by atoms with Gasteiger partial charge in [-0.25, -0.2) is 0 Å². The molecular weight excluding hydrogens is 513 g/mol. The monoisotopic (exact) mass is 535 g/mol. The molecule has 12 nitrogen and oxygen atoms in total. The number of hydrogen-bond acceptors (Lipinski definition) is 8. The van der Waals surface area contributed by atoms with Crippen molar-refractivity contribution in [1.82, 2.24) is 19.6 Å². The molecule has 13 heteroatoms. The van der Waals surface area contributed by atoms with Gasteiger partial charge in [0.1, 0.15) is 13.3 Å². The van der Waals surface area contributed by atoms with Gasteiger partial charge in [-0.1, -0.05) is 0 Å². The predicted octanol–water partition coefficient (Wildman–Crippen LogP) is -1.07. The molecule has 1 radical (unpaired) electrons. The molecule has 0 aliphatic carbocycles. The summed E-state index contributed by atoms with van der Waals surface area (Å²) in [4.78, 5) is 93.1. The molecule has 2 fully saturated rings. The van der Waals surface area contributed by atoms with E-state index in [1.807, 2.05) is 0 Å². The molecule has 8 amide bonds. The van der Waals surface area contributed by atoms with E-state index < -0.39 is 23.6 Å². The summed E-state index contributed by atoms with van der Waals surface area (Å²) in [6.07, 6.45) is 5.09. The molecule has 4 heterocycles. The second-order valence-electron chi connectivity index (χ2n) is 6.59. The summed E-state index contributed by atoms with van der Waals surface area (Å²) in [7, 11) is 0. The van der Waals surface area contributed by atoms with E-state index in [0.717, 1.165) is 43.9 Å². The molecule has 2 saturated heterocycles.